The summed E-state index contributed by atoms with van der Waals surface area (Å²) in [5.41, 5.74) is 3.09. The van der Waals surface area contributed by atoms with E-state index in [4.69, 9.17) is 23.3 Å². The number of nitriles is 1. The van der Waals surface area contributed by atoms with Crippen LogP contribution in [0.3, 0.4) is 0 Å². The van der Waals surface area contributed by atoms with Gasteiger partial charge in [-0.05, 0) is 36.4 Å². The number of amides is 1. The molecule has 0 spiro atoms. The van der Waals surface area contributed by atoms with Gasteiger partial charge in [-0.1, -0.05) is 35.9 Å². The average molecular weight is 476 g/mol. The molecule has 1 amide bonds. The van der Waals surface area contributed by atoms with E-state index in [1.54, 1.807) is 47.1 Å². The highest BCUT2D eigenvalue weighted by Gasteiger charge is 2.18. The summed E-state index contributed by atoms with van der Waals surface area (Å²) in [7, 11) is -3.75. The van der Waals surface area contributed by atoms with Crippen molar-refractivity contribution >= 4 is 44.1 Å². The highest BCUT2D eigenvalue weighted by Crippen LogP contribution is 2.33. The predicted molar refractivity (Wildman–Crippen MR) is 125 cm³/mol. The lowest BCUT2D eigenvalue weighted by Crippen LogP contribution is -2.29. The molecule has 0 atom stereocenters. The molecule has 1 aromatic heterocycles. The van der Waals surface area contributed by atoms with E-state index in [1.807, 2.05) is 10.8 Å². The standard InChI is InChI=1S/C23H14ClN5O3S/c1-26-18-7-3-14(4-8-18)22-19-12-17(24)6-10-21(19)29(27-22)20-9-5-15(11-16(20)13-25)23(30)28-33(2,31)32/h3-12H,2H3,(H,28,30). The van der Waals surface area contributed by atoms with E-state index in [2.05, 4.69) is 4.85 Å². The fourth-order valence-corrected chi connectivity index (χ4v) is 3.99. The topological polar surface area (TPSA) is 109 Å². The Bertz CT molecular complexity index is 1610. The van der Waals surface area contributed by atoms with Crippen molar-refractivity contribution in [1.29, 1.82) is 5.26 Å². The van der Waals surface area contributed by atoms with Gasteiger partial charge in [0.25, 0.3) is 5.91 Å². The first-order valence-corrected chi connectivity index (χ1v) is 11.7. The second-order valence-electron chi connectivity index (χ2n) is 7.13. The monoisotopic (exact) mass is 475 g/mol. The number of nitrogens with one attached hydrogen (secondary N) is 1. The Kier molecular flexibility index (Phi) is 5.60. The number of nitrogens with zero attached hydrogens (tertiary/aromatic N) is 4. The van der Waals surface area contributed by atoms with Gasteiger partial charge < -0.3 is 0 Å². The van der Waals surface area contributed by atoms with Crippen LogP contribution in [0.15, 0.2) is 60.7 Å². The molecule has 8 nitrogen and oxygen atoms in total. The number of hydrogen-bond acceptors (Lipinski definition) is 5. The van der Waals surface area contributed by atoms with Gasteiger partial charge in [-0.25, -0.2) is 22.7 Å². The number of rotatable bonds is 4. The van der Waals surface area contributed by atoms with E-state index in [-0.39, 0.29) is 11.1 Å². The zero-order valence-electron chi connectivity index (χ0n) is 17.1. The third-order valence-corrected chi connectivity index (χ3v) is 5.59. The summed E-state index contributed by atoms with van der Waals surface area (Å²) >= 11 is 6.23. The quantitative estimate of drug-likeness (QED) is 0.438. The molecule has 0 aliphatic rings. The summed E-state index contributed by atoms with van der Waals surface area (Å²) in [6.45, 7) is 7.13. The predicted octanol–water partition coefficient (Wildman–Crippen LogP) is 4.46. The van der Waals surface area contributed by atoms with Crippen LogP contribution >= 0.6 is 11.6 Å². The number of sulfonamides is 1. The summed E-state index contributed by atoms with van der Waals surface area (Å²) in [6.07, 6.45) is 0.873. The molecule has 0 unspecified atom stereocenters. The lowest BCUT2D eigenvalue weighted by molar-refractivity contribution is 0.0981. The Morgan fingerprint density at radius 3 is 2.52 bits per heavy atom. The molecule has 0 bridgehead atoms. The molecule has 0 saturated heterocycles. The Morgan fingerprint density at radius 1 is 1.15 bits per heavy atom. The van der Waals surface area contributed by atoms with Crippen molar-refractivity contribution in [3.05, 3.63) is 88.2 Å². The van der Waals surface area contributed by atoms with Gasteiger partial charge in [0.05, 0.1) is 29.6 Å². The van der Waals surface area contributed by atoms with Crippen LogP contribution in [0.1, 0.15) is 15.9 Å². The summed E-state index contributed by atoms with van der Waals surface area (Å²) < 4.78 is 26.2. The minimum Gasteiger partial charge on any atom is -0.268 e. The average Bonchev–Trinajstić information content (AvgIpc) is 3.16. The Labute approximate surface area is 194 Å². The number of fused-ring (bicyclic) bond motifs is 1. The molecule has 0 radical (unpaired) electrons. The zero-order chi connectivity index (χ0) is 23.8. The largest absolute Gasteiger partial charge is 0.268 e. The van der Waals surface area contributed by atoms with Crippen LogP contribution in [-0.2, 0) is 10.0 Å². The molecule has 4 aromatic rings. The Balaban J connectivity index is 1.89. The Hall–Kier alpha value is -4.18. The number of carbonyl (C=O) groups excluding carboxylic acids is 1. The maximum atomic E-state index is 12.2. The van der Waals surface area contributed by atoms with E-state index in [0.29, 0.717) is 27.6 Å². The van der Waals surface area contributed by atoms with Crippen molar-refractivity contribution in [2.75, 3.05) is 6.26 Å². The number of hydrogen-bond donors (Lipinski definition) is 1. The van der Waals surface area contributed by atoms with Gasteiger partial charge in [0.1, 0.15) is 11.8 Å². The lowest BCUT2D eigenvalue weighted by atomic mass is 10.1. The molecule has 1 heterocycles. The first-order chi connectivity index (χ1) is 15.7. The van der Waals surface area contributed by atoms with Crippen molar-refractivity contribution < 1.29 is 13.2 Å². The number of benzene rings is 3. The minimum absolute atomic E-state index is 0.0233. The van der Waals surface area contributed by atoms with Crippen molar-refractivity contribution in [3.8, 4) is 23.0 Å². The van der Waals surface area contributed by atoms with Crippen molar-refractivity contribution in [2.24, 2.45) is 0 Å². The van der Waals surface area contributed by atoms with Crippen LogP contribution in [0.2, 0.25) is 5.02 Å². The maximum Gasteiger partial charge on any atom is 0.264 e. The van der Waals surface area contributed by atoms with Crippen LogP contribution in [-0.4, -0.2) is 30.4 Å². The van der Waals surface area contributed by atoms with E-state index in [1.165, 1.54) is 18.2 Å². The molecule has 0 aliphatic heterocycles. The molecular weight excluding hydrogens is 462 g/mol. The molecule has 162 valence electrons. The number of aromatic nitrogens is 2. The normalized spacial score (nSPS) is 11.0. The summed E-state index contributed by atoms with van der Waals surface area (Å²) in [5.74, 6) is -0.835. The molecule has 1 N–H and O–H groups in total. The van der Waals surface area contributed by atoms with Crippen LogP contribution < -0.4 is 4.72 Å². The fraction of sp³-hybridized carbons (Fsp3) is 0.0435. The summed E-state index contributed by atoms with van der Waals surface area (Å²) in [6, 6.07) is 18.5. The second-order valence-corrected chi connectivity index (χ2v) is 9.31. The van der Waals surface area contributed by atoms with E-state index < -0.39 is 15.9 Å². The van der Waals surface area contributed by atoms with Gasteiger partial charge in [0.2, 0.25) is 10.0 Å². The van der Waals surface area contributed by atoms with Crippen LogP contribution in [0.4, 0.5) is 5.69 Å². The Morgan fingerprint density at radius 2 is 1.88 bits per heavy atom. The molecule has 0 aliphatic carbocycles. The van der Waals surface area contributed by atoms with E-state index in [0.717, 1.165) is 17.2 Å². The third-order valence-electron chi connectivity index (χ3n) is 4.80. The first kappa shape index (κ1) is 22.0. The third kappa shape index (κ3) is 4.41. The smallest absolute Gasteiger partial charge is 0.264 e. The van der Waals surface area contributed by atoms with Gasteiger partial charge in [0.15, 0.2) is 5.69 Å². The molecular formula is C23H14ClN5O3S. The van der Waals surface area contributed by atoms with Gasteiger partial charge in [0, 0.05) is 21.5 Å². The number of halogens is 1. The van der Waals surface area contributed by atoms with Gasteiger partial charge in [-0.2, -0.15) is 10.4 Å². The second kappa shape index (κ2) is 8.40. The highest BCUT2D eigenvalue weighted by molar-refractivity contribution is 7.89. The van der Waals surface area contributed by atoms with Crippen LogP contribution in [0.5, 0.6) is 0 Å². The minimum atomic E-state index is -3.75. The van der Waals surface area contributed by atoms with Gasteiger partial charge >= 0.3 is 0 Å². The van der Waals surface area contributed by atoms with E-state index >= 15 is 0 Å². The lowest BCUT2D eigenvalue weighted by Gasteiger charge is -2.08. The maximum absolute atomic E-state index is 12.2. The molecule has 0 fully saturated rings. The van der Waals surface area contributed by atoms with Crippen LogP contribution in [0.25, 0.3) is 32.7 Å². The van der Waals surface area contributed by atoms with Crippen LogP contribution in [0, 0.1) is 17.9 Å². The molecule has 33 heavy (non-hydrogen) atoms. The zero-order valence-corrected chi connectivity index (χ0v) is 18.6. The highest BCUT2D eigenvalue weighted by atomic mass is 35.5. The molecule has 3 aromatic carbocycles. The van der Waals surface area contributed by atoms with Crippen molar-refractivity contribution in [1.82, 2.24) is 14.5 Å². The van der Waals surface area contributed by atoms with E-state index in [9.17, 15) is 18.5 Å². The van der Waals surface area contributed by atoms with Crippen molar-refractivity contribution in [2.45, 2.75) is 0 Å². The fourth-order valence-electron chi connectivity index (χ4n) is 3.36. The first-order valence-electron chi connectivity index (χ1n) is 9.43. The van der Waals surface area contributed by atoms with Crippen molar-refractivity contribution in [3.63, 3.8) is 0 Å². The molecule has 10 heteroatoms. The summed E-state index contributed by atoms with van der Waals surface area (Å²) in [5, 5.41) is 15.7. The number of carbonyl (C=O) groups is 1. The molecule has 0 saturated carbocycles. The summed E-state index contributed by atoms with van der Waals surface area (Å²) in [4.78, 5) is 15.6. The van der Waals surface area contributed by atoms with Gasteiger partial charge in [-0.3, -0.25) is 4.79 Å². The van der Waals surface area contributed by atoms with Gasteiger partial charge in [-0.15, -0.1) is 0 Å². The molecule has 4 rings (SSSR count). The SMILES string of the molecule is [C-]#[N+]c1ccc(-c2nn(-c3ccc(C(=O)NS(C)(=O)=O)cc3C#N)c3ccc(Cl)cc23)cc1.